The van der Waals surface area contributed by atoms with E-state index in [1.807, 2.05) is 6.07 Å². The lowest BCUT2D eigenvalue weighted by Gasteiger charge is -2.34. The van der Waals surface area contributed by atoms with Crippen LogP contribution in [0.15, 0.2) is 60.7 Å². The van der Waals surface area contributed by atoms with Gasteiger partial charge in [-0.2, -0.15) is 0 Å². The largest absolute Gasteiger partial charge is 0.454 e. The van der Waals surface area contributed by atoms with Crippen LogP contribution in [0.4, 0.5) is 0 Å². The predicted molar refractivity (Wildman–Crippen MR) is 112 cm³/mol. The zero-order chi connectivity index (χ0) is 18.8. The maximum Gasteiger partial charge on any atom is 0.231 e. The van der Waals surface area contributed by atoms with Gasteiger partial charge >= 0.3 is 0 Å². The highest BCUT2D eigenvalue weighted by Gasteiger charge is 2.19. The summed E-state index contributed by atoms with van der Waals surface area (Å²) in [5.41, 5.74) is 2.76. The monoisotopic (exact) mass is 374 g/mol. The Bertz CT molecular complexity index is 958. The van der Waals surface area contributed by atoms with Crippen LogP contribution in [0.25, 0.3) is 10.8 Å². The standard InChI is InChI=1S/C24H26N2O2/c1-2-7-22-20(4-1)5-3-6-21(22)10-11-25-12-14-26(15-13-25)17-19-8-9-23-24(16-19)28-18-27-23/h1-9,16H,10-15,17-18H2. The first-order chi connectivity index (χ1) is 13.8. The van der Waals surface area contributed by atoms with Gasteiger partial charge in [-0.15, -0.1) is 0 Å². The van der Waals surface area contributed by atoms with Crippen LogP contribution in [0.3, 0.4) is 0 Å². The number of benzene rings is 3. The van der Waals surface area contributed by atoms with Gasteiger partial charge in [-0.25, -0.2) is 0 Å². The Morgan fingerprint density at radius 2 is 1.54 bits per heavy atom. The summed E-state index contributed by atoms with van der Waals surface area (Å²) >= 11 is 0. The average molecular weight is 374 g/mol. The molecule has 2 aliphatic heterocycles. The van der Waals surface area contributed by atoms with Crippen LogP contribution in [-0.4, -0.2) is 49.3 Å². The van der Waals surface area contributed by atoms with Crippen LogP contribution in [0.5, 0.6) is 11.5 Å². The van der Waals surface area contributed by atoms with E-state index in [9.17, 15) is 0 Å². The number of nitrogens with zero attached hydrogens (tertiary/aromatic N) is 2. The van der Waals surface area contributed by atoms with E-state index < -0.39 is 0 Å². The molecule has 0 N–H and O–H groups in total. The van der Waals surface area contributed by atoms with Crippen molar-refractivity contribution in [2.45, 2.75) is 13.0 Å². The Balaban J connectivity index is 1.14. The van der Waals surface area contributed by atoms with Crippen molar-refractivity contribution in [2.24, 2.45) is 0 Å². The molecule has 1 saturated heterocycles. The minimum Gasteiger partial charge on any atom is -0.454 e. The highest BCUT2D eigenvalue weighted by molar-refractivity contribution is 5.85. The van der Waals surface area contributed by atoms with Gasteiger partial charge in [0, 0.05) is 39.3 Å². The van der Waals surface area contributed by atoms with Crippen molar-refractivity contribution in [3.8, 4) is 11.5 Å². The normalized spacial score (nSPS) is 17.3. The molecule has 0 saturated carbocycles. The van der Waals surface area contributed by atoms with Crippen LogP contribution in [0, 0.1) is 0 Å². The van der Waals surface area contributed by atoms with E-state index in [0.717, 1.165) is 57.2 Å². The minimum absolute atomic E-state index is 0.341. The third-order valence-corrected chi connectivity index (χ3v) is 5.89. The maximum absolute atomic E-state index is 5.50. The predicted octanol–water partition coefficient (Wildman–Crippen LogP) is 3.93. The van der Waals surface area contributed by atoms with Crippen LogP contribution in [-0.2, 0) is 13.0 Å². The molecule has 4 nitrogen and oxygen atoms in total. The van der Waals surface area contributed by atoms with Gasteiger partial charge in [0.25, 0.3) is 0 Å². The fraction of sp³-hybridized carbons (Fsp3) is 0.333. The summed E-state index contributed by atoms with van der Waals surface area (Å²) in [4.78, 5) is 5.13. The molecule has 0 unspecified atom stereocenters. The van der Waals surface area contributed by atoms with Gasteiger partial charge in [-0.05, 0) is 40.5 Å². The minimum atomic E-state index is 0.341. The lowest BCUT2D eigenvalue weighted by atomic mass is 10.0. The molecule has 0 amide bonds. The van der Waals surface area contributed by atoms with E-state index in [2.05, 4.69) is 64.4 Å². The Labute approximate surface area is 166 Å². The second kappa shape index (κ2) is 7.82. The van der Waals surface area contributed by atoms with Crippen molar-refractivity contribution in [3.05, 3.63) is 71.8 Å². The number of piperazine rings is 1. The highest BCUT2D eigenvalue weighted by Crippen LogP contribution is 2.32. The first-order valence-corrected chi connectivity index (χ1v) is 10.1. The molecule has 144 valence electrons. The van der Waals surface area contributed by atoms with Crippen molar-refractivity contribution >= 4 is 10.8 Å². The Morgan fingerprint density at radius 3 is 2.46 bits per heavy atom. The summed E-state index contributed by atoms with van der Waals surface area (Å²) in [5.74, 6) is 1.74. The van der Waals surface area contributed by atoms with Gasteiger partial charge in [0.2, 0.25) is 6.79 Å². The maximum atomic E-state index is 5.50. The summed E-state index contributed by atoms with van der Waals surface area (Å²) in [7, 11) is 0. The van der Waals surface area contributed by atoms with Gasteiger partial charge in [-0.1, -0.05) is 48.5 Å². The Morgan fingerprint density at radius 1 is 0.750 bits per heavy atom. The summed E-state index contributed by atoms with van der Waals surface area (Å²) < 4.78 is 10.9. The fourth-order valence-corrected chi connectivity index (χ4v) is 4.26. The second-order valence-electron chi connectivity index (χ2n) is 7.69. The molecule has 1 fully saturated rings. The van der Waals surface area contributed by atoms with E-state index in [1.54, 1.807) is 0 Å². The number of rotatable bonds is 5. The third kappa shape index (κ3) is 3.71. The first kappa shape index (κ1) is 17.5. The van der Waals surface area contributed by atoms with E-state index in [0.29, 0.717) is 6.79 Å². The van der Waals surface area contributed by atoms with Gasteiger partial charge in [0.15, 0.2) is 11.5 Å². The molecule has 0 spiro atoms. The molecule has 5 rings (SSSR count). The molecular weight excluding hydrogens is 348 g/mol. The summed E-state index contributed by atoms with van der Waals surface area (Å²) in [5, 5.41) is 2.74. The van der Waals surface area contributed by atoms with Crippen LogP contribution >= 0.6 is 0 Å². The van der Waals surface area contributed by atoms with Gasteiger partial charge in [0.1, 0.15) is 0 Å². The van der Waals surface area contributed by atoms with Crippen LogP contribution < -0.4 is 9.47 Å². The molecule has 3 aromatic carbocycles. The number of ether oxygens (including phenoxy) is 2. The molecule has 2 aliphatic rings. The smallest absolute Gasteiger partial charge is 0.231 e. The molecule has 0 aromatic heterocycles. The molecule has 2 heterocycles. The lowest BCUT2D eigenvalue weighted by Crippen LogP contribution is -2.46. The van der Waals surface area contributed by atoms with Crippen molar-refractivity contribution in [3.63, 3.8) is 0 Å². The fourth-order valence-electron chi connectivity index (χ4n) is 4.26. The van der Waals surface area contributed by atoms with E-state index in [4.69, 9.17) is 9.47 Å². The number of fused-ring (bicyclic) bond motifs is 2. The molecule has 0 atom stereocenters. The van der Waals surface area contributed by atoms with Gasteiger partial charge in [0.05, 0.1) is 0 Å². The van der Waals surface area contributed by atoms with Gasteiger partial charge in [-0.3, -0.25) is 4.90 Å². The Kier molecular flexibility index (Phi) is 4.90. The van der Waals surface area contributed by atoms with Crippen LogP contribution in [0.2, 0.25) is 0 Å². The molecule has 0 radical (unpaired) electrons. The number of hydrogen-bond donors (Lipinski definition) is 0. The van der Waals surface area contributed by atoms with Crippen molar-refractivity contribution in [1.82, 2.24) is 9.80 Å². The summed E-state index contributed by atoms with van der Waals surface area (Å²) in [6.45, 7) is 6.95. The zero-order valence-electron chi connectivity index (χ0n) is 16.1. The van der Waals surface area contributed by atoms with Gasteiger partial charge < -0.3 is 14.4 Å². The third-order valence-electron chi connectivity index (χ3n) is 5.89. The second-order valence-corrected chi connectivity index (χ2v) is 7.69. The molecular formula is C24H26N2O2. The van der Waals surface area contributed by atoms with E-state index in [-0.39, 0.29) is 0 Å². The quantitative estimate of drug-likeness (QED) is 0.676. The number of hydrogen-bond acceptors (Lipinski definition) is 4. The van der Waals surface area contributed by atoms with Crippen molar-refractivity contribution in [1.29, 1.82) is 0 Å². The van der Waals surface area contributed by atoms with Crippen molar-refractivity contribution < 1.29 is 9.47 Å². The Hall–Kier alpha value is -2.56. The molecule has 0 aliphatic carbocycles. The van der Waals surface area contributed by atoms with Crippen LogP contribution in [0.1, 0.15) is 11.1 Å². The molecule has 0 bridgehead atoms. The molecule has 28 heavy (non-hydrogen) atoms. The molecule has 3 aromatic rings. The highest BCUT2D eigenvalue weighted by atomic mass is 16.7. The van der Waals surface area contributed by atoms with Crippen molar-refractivity contribution in [2.75, 3.05) is 39.5 Å². The SMILES string of the molecule is c1ccc2c(CCN3CCN(Cc4ccc5c(c4)OCO5)CC3)cccc2c1. The molecule has 4 heteroatoms. The lowest BCUT2D eigenvalue weighted by molar-refractivity contribution is 0.128. The summed E-state index contributed by atoms with van der Waals surface area (Å²) in [6.07, 6.45) is 1.11. The van der Waals surface area contributed by atoms with E-state index in [1.165, 1.54) is 21.9 Å². The zero-order valence-corrected chi connectivity index (χ0v) is 16.1. The first-order valence-electron chi connectivity index (χ1n) is 10.1. The van der Waals surface area contributed by atoms with E-state index >= 15 is 0 Å². The summed E-state index contributed by atoms with van der Waals surface area (Å²) in [6, 6.07) is 21.7. The average Bonchev–Trinajstić information content (AvgIpc) is 3.21. The topological polar surface area (TPSA) is 24.9 Å².